The summed E-state index contributed by atoms with van der Waals surface area (Å²) < 4.78 is 12.2. The summed E-state index contributed by atoms with van der Waals surface area (Å²) in [5.74, 6) is 1.73. The van der Waals surface area contributed by atoms with Crippen molar-refractivity contribution < 1.29 is 19.2 Å². The number of nitrogens with zero attached hydrogens (tertiary/aromatic N) is 3. The molecule has 10 nitrogen and oxygen atoms in total. The molecule has 0 fully saturated rings. The molecule has 40 heavy (non-hydrogen) atoms. The van der Waals surface area contributed by atoms with Crippen LogP contribution in [0.2, 0.25) is 0 Å². The van der Waals surface area contributed by atoms with Gasteiger partial charge in [0.05, 0.1) is 23.1 Å². The summed E-state index contributed by atoms with van der Waals surface area (Å²) in [5, 5.41) is 14.5. The normalized spacial score (nSPS) is 11.0. The summed E-state index contributed by atoms with van der Waals surface area (Å²) >= 11 is 0. The number of carbonyl (C=O) groups excluding carboxylic acids is 1. The van der Waals surface area contributed by atoms with E-state index in [1.54, 1.807) is 18.3 Å². The number of imidazole rings is 1. The van der Waals surface area contributed by atoms with Gasteiger partial charge in [0.2, 0.25) is 0 Å². The van der Waals surface area contributed by atoms with Crippen molar-refractivity contribution in [1.29, 1.82) is 0 Å². The van der Waals surface area contributed by atoms with E-state index in [1.807, 2.05) is 55.5 Å². The fraction of sp³-hybridized carbons (Fsp3) is 0.200. The highest BCUT2D eigenvalue weighted by molar-refractivity contribution is 5.85. The highest BCUT2D eigenvalue weighted by Gasteiger charge is 2.18. The van der Waals surface area contributed by atoms with E-state index in [0.29, 0.717) is 18.1 Å². The van der Waals surface area contributed by atoms with Gasteiger partial charge in [0.15, 0.2) is 5.82 Å². The second kappa shape index (κ2) is 11.3. The summed E-state index contributed by atoms with van der Waals surface area (Å²) in [4.78, 5) is 30.5. The van der Waals surface area contributed by atoms with Gasteiger partial charge in [0.1, 0.15) is 11.6 Å². The molecule has 5 aromatic rings. The van der Waals surface area contributed by atoms with E-state index < -0.39 is 11.1 Å². The van der Waals surface area contributed by atoms with Crippen LogP contribution in [0.15, 0.2) is 72.9 Å². The number of rotatable bonds is 9. The number of nitrogens with one attached hydrogen (secondary N) is 2. The van der Waals surface area contributed by atoms with E-state index in [-0.39, 0.29) is 5.69 Å². The zero-order chi connectivity index (χ0) is 28.2. The SMILES string of the molecule is CCCc1nc2c(C)cc(Nc3[nH]ccc3[N+](=O)[O-])cc2n1Cc1ccc(-c2ccccc2OC(=O)OC)cc1. The topological polar surface area (TPSA) is 124 Å². The van der Waals surface area contributed by atoms with Crippen molar-refractivity contribution in [2.45, 2.75) is 33.2 Å². The molecule has 5 rings (SSSR count). The number of para-hydroxylation sites is 1. The molecule has 0 radical (unpaired) electrons. The Hall–Kier alpha value is -5.12. The minimum atomic E-state index is -0.769. The maximum Gasteiger partial charge on any atom is 0.513 e. The Bertz CT molecular complexity index is 1690. The van der Waals surface area contributed by atoms with Gasteiger partial charge in [-0.2, -0.15) is 0 Å². The van der Waals surface area contributed by atoms with Gasteiger partial charge < -0.3 is 24.3 Å². The number of hydrogen-bond donors (Lipinski definition) is 2. The molecular weight excluding hydrogens is 510 g/mol. The third-order valence-corrected chi connectivity index (χ3v) is 6.64. The van der Waals surface area contributed by atoms with Gasteiger partial charge in [0.25, 0.3) is 0 Å². The zero-order valence-electron chi connectivity index (χ0n) is 22.4. The molecule has 2 aromatic heterocycles. The van der Waals surface area contributed by atoms with Gasteiger partial charge in [-0.05, 0) is 48.2 Å². The molecule has 0 unspecified atom stereocenters. The molecule has 0 saturated heterocycles. The van der Waals surface area contributed by atoms with Gasteiger partial charge in [-0.1, -0.05) is 49.4 Å². The lowest BCUT2D eigenvalue weighted by Crippen LogP contribution is -2.08. The molecule has 0 amide bonds. The van der Waals surface area contributed by atoms with E-state index >= 15 is 0 Å². The van der Waals surface area contributed by atoms with Crippen LogP contribution in [0.1, 0.15) is 30.3 Å². The average Bonchev–Trinajstić information content (AvgIpc) is 3.55. The van der Waals surface area contributed by atoms with Crippen LogP contribution in [-0.4, -0.2) is 32.7 Å². The summed E-state index contributed by atoms with van der Waals surface area (Å²) in [6.45, 7) is 4.71. The van der Waals surface area contributed by atoms with Crippen LogP contribution in [-0.2, 0) is 17.7 Å². The van der Waals surface area contributed by atoms with Crippen LogP contribution in [0.4, 0.5) is 22.0 Å². The number of H-pyrrole nitrogens is 1. The number of aryl methyl sites for hydroxylation is 2. The summed E-state index contributed by atoms with van der Waals surface area (Å²) in [6.07, 6.45) is 2.53. The molecule has 3 aromatic carbocycles. The first kappa shape index (κ1) is 26.5. The lowest BCUT2D eigenvalue weighted by atomic mass is 10.0. The Morgan fingerprint density at radius 1 is 1.12 bits per heavy atom. The standard InChI is InChI=1S/C30H29N5O5/c1-4-7-27-33-28-19(2)16-22(32-29-24(35(37)38)14-15-31-29)17-25(28)34(27)18-20-10-12-21(13-11-20)23-8-5-6-9-26(23)40-30(36)39-3/h5-6,8-17,31-32H,4,7,18H2,1-3H3. The zero-order valence-corrected chi connectivity index (χ0v) is 22.4. The maximum atomic E-state index is 11.7. The second-order valence-corrected chi connectivity index (χ2v) is 9.39. The number of fused-ring (bicyclic) bond motifs is 1. The van der Waals surface area contributed by atoms with E-state index in [2.05, 4.69) is 26.5 Å². The fourth-order valence-electron chi connectivity index (χ4n) is 4.76. The van der Waals surface area contributed by atoms with Crippen LogP contribution in [0.25, 0.3) is 22.2 Å². The van der Waals surface area contributed by atoms with Crippen LogP contribution >= 0.6 is 0 Å². The molecule has 0 aliphatic carbocycles. The predicted molar refractivity (Wildman–Crippen MR) is 153 cm³/mol. The van der Waals surface area contributed by atoms with Gasteiger partial charge in [-0.15, -0.1) is 0 Å². The molecule has 2 N–H and O–H groups in total. The second-order valence-electron chi connectivity index (χ2n) is 9.39. The third-order valence-electron chi connectivity index (χ3n) is 6.64. The van der Waals surface area contributed by atoms with Crippen molar-refractivity contribution >= 4 is 34.4 Å². The van der Waals surface area contributed by atoms with E-state index in [4.69, 9.17) is 9.72 Å². The van der Waals surface area contributed by atoms with Gasteiger partial charge >= 0.3 is 11.8 Å². The molecule has 0 bridgehead atoms. The first-order chi connectivity index (χ1) is 19.4. The molecule has 2 heterocycles. The molecule has 0 spiro atoms. The number of aromatic amines is 1. The van der Waals surface area contributed by atoms with E-state index in [1.165, 1.54) is 13.2 Å². The Kier molecular flexibility index (Phi) is 7.50. The van der Waals surface area contributed by atoms with Gasteiger partial charge in [-0.3, -0.25) is 10.1 Å². The van der Waals surface area contributed by atoms with Crippen molar-refractivity contribution in [3.63, 3.8) is 0 Å². The molecule has 0 aliphatic heterocycles. The van der Waals surface area contributed by atoms with Crippen LogP contribution < -0.4 is 10.1 Å². The molecule has 10 heteroatoms. The quantitative estimate of drug-likeness (QED) is 0.0883. The number of nitro groups is 1. The lowest BCUT2D eigenvalue weighted by Gasteiger charge is -2.13. The Morgan fingerprint density at radius 3 is 2.62 bits per heavy atom. The van der Waals surface area contributed by atoms with E-state index in [9.17, 15) is 14.9 Å². The molecule has 204 valence electrons. The Labute approximate surface area is 230 Å². The minimum absolute atomic E-state index is 0.0171. The Morgan fingerprint density at radius 2 is 1.90 bits per heavy atom. The molecular formula is C30H29N5O5. The number of benzene rings is 3. The number of anilines is 2. The smallest absolute Gasteiger partial charge is 0.437 e. The number of hydrogen-bond acceptors (Lipinski definition) is 7. The molecule has 0 aliphatic rings. The van der Waals surface area contributed by atoms with Crippen molar-refractivity contribution in [2.24, 2.45) is 0 Å². The summed E-state index contributed by atoms with van der Waals surface area (Å²) in [6, 6.07) is 20.7. The van der Waals surface area contributed by atoms with Crippen LogP contribution in [0.3, 0.4) is 0 Å². The maximum absolute atomic E-state index is 11.7. The molecule has 0 saturated carbocycles. The first-order valence-corrected chi connectivity index (χ1v) is 12.9. The number of ether oxygens (including phenoxy) is 2. The van der Waals surface area contributed by atoms with Crippen LogP contribution in [0, 0.1) is 17.0 Å². The highest BCUT2D eigenvalue weighted by Crippen LogP contribution is 2.32. The average molecular weight is 540 g/mol. The van der Waals surface area contributed by atoms with Crippen molar-refractivity contribution in [3.05, 3.63) is 100.0 Å². The van der Waals surface area contributed by atoms with E-state index in [0.717, 1.165) is 57.6 Å². The molecule has 0 atom stereocenters. The monoisotopic (exact) mass is 539 g/mol. The largest absolute Gasteiger partial charge is 0.513 e. The minimum Gasteiger partial charge on any atom is -0.437 e. The lowest BCUT2D eigenvalue weighted by molar-refractivity contribution is -0.383. The predicted octanol–water partition coefficient (Wildman–Crippen LogP) is 7.14. The number of carbonyl (C=O) groups is 1. The Balaban J connectivity index is 1.48. The fourth-order valence-corrected chi connectivity index (χ4v) is 4.76. The van der Waals surface area contributed by atoms with Gasteiger partial charge in [-0.25, -0.2) is 9.78 Å². The summed E-state index contributed by atoms with van der Waals surface area (Å²) in [7, 11) is 1.27. The summed E-state index contributed by atoms with van der Waals surface area (Å²) in [5.41, 5.74) is 6.30. The number of aromatic nitrogens is 3. The van der Waals surface area contributed by atoms with Crippen molar-refractivity contribution in [1.82, 2.24) is 14.5 Å². The first-order valence-electron chi connectivity index (χ1n) is 12.9. The van der Waals surface area contributed by atoms with Gasteiger partial charge in [0, 0.05) is 36.5 Å². The van der Waals surface area contributed by atoms with Crippen molar-refractivity contribution in [3.8, 4) is 16.9 Å². The van der Waals surface area contributed by atoms with Crippen molar-refractivity contribution in [2.75, 3.05) is 12.4 Å². The highest BCUT2D eigenvalue weighted by atomic mass is 16.7. The third kappa shape index (κ3) is 5.37. The number of methoxy groups -OCH3 is 1. The van der Waals surface area contributed by atoms with Crippen LogP contribution in [0.5, 0.6) is 5.75 Å².